The molecule has 0 saturated carbocycles. The number of nitrogens with zero attached hydrogens (tertiary/aromatic N) is 5. The number of alkyl halides is 3. The number of esters is 1. The molecule has 394 valence electrons. The molecule has 6 rings (SSSR count). The molecule has 2 atom stereocenters. The molecule has 6 amide bonds. The maximum Gasteiger partial charge on any atom is 0.435 e. The molecule has 0 saturated heterocycles. The van der Waals surface area contributed by atoms with Crippen molar-refractivity contribution in [3.8, 4) is 16.9 Å². The molecule has 3 heterocycles. The summed E-state index contributed by atoms with van der Waals surface area (Å²) in [6.45, 7) is 5.74. The Morgan fingerprint density at radius 3 is 2.32 bits per heavy atom. The van der Waals surface area contributed by atoms with Crippen LogP contribution in [0.2, 0.25) is 5.02 Å². The van der Waals surface area contributed by atoms with Gasteiger partial charge in [0.2, 0.25) is 11.8 Å². The number of carbonyl (C=O) groups is 7. The van der Waals surface area contributed by atoms with Gasteiger partial charge in [-0.3, -0.25) is 28.9 Å². The van der Waals surface area contributed by atoms with Gasteiger partial charge in [0.05, 0.1) is 6.04 Å². The number of ether oxygens (including phenoxy) is 1. The molecule has 0 fully saturated rings. The molecule has 0 bridgehead atoms. The summed E-state index contributed by atoms with van der Waals surface area (Å²) < 4.78 is 47.4. The van der Waals surface area contributed by atoms with Gasteiger partial charge in [-0.05, 0) is 103 Å². The number of primary amides is 1. The fraction of sp³-hybridized carbons (Fsp3) is 0.333. The number of unbranched alkanes of at least 4 members (excludes halogenated alkanes) is 2. The number of imide groups is 1. The van der Waals surface area contributed by atoms with E-state index in [9.17, 15) is 46.7 Å². The first-order chi connectivity index (χ1) is 35.7. The first kappa shape index (κ1) is 56.3. The Morgan fingerprint density at radius 1 is 0.907 bits per heavy atom. The van der Waals surface area contributed by atoms with E-state index in [1.165, 1.54) is 36.7 Å². The lowest BCUT2D eigenvalue weighted by Crippen LogP contribution is -2.45. The second-order valence-electron chi connectivity index (χ2n) is 18.2. The number of nitrogens with two attached hydrogens (primary N) is 1. The second-order valence-corrected chi connectivity index (χ2v) is 18.6. The molecule has 3 aromatic carbocycles. The first-order valence-electron chi connectivity index (χ1n) is 24.2. The third-order valence-electron chi connectivity index (χ3n) is 12.1. The minimum absolute atomic E-state index is 0.107. The number of benzene rings is 3. The van der Waals surface area contributed by atoms with Crippen LogP contribution < -0.4 is 21.7 Å². The standard InChI is InChI=1S/C54H57ClF3N9O8/c1-33(2)50(64-46(69)12-5-4-6-25-66-47(70)20-21-48(66)71)43(68)30-39(11-8-24-60-53(59)74)52(73)62-40-18-15-36(16-19-40)32-75-49(72)22-17-35-9-7-10-38(27-35)41-31-61-45(29-37-14-13-34(3)42(55)28-37)63-51(41)67-26-23-44(65-67)54(56,57)58/h7,9-10,13-23,26-28,31,33,39,50H,4-6,8,11-12,24-25,29-30,32H2,1-3H3,(H,62,73)(H,64,69)(H3,59,60,74)/b22-17+. The Hall–Kier alpha value is -8.00. The molecule has 2 aromatic heterocycles. The highest BCUT2D eigenvalue weighted by Gasteiger charge is 2.34. The lowest BCUT2D eigenvalue weighted by atomic mass is 9.89. The van der Waals surface area contributed by atoms with Crippen molar-refractivity contribution in [1.29, 1.82) is 0 Å². The largest absolute Gasteiger partial charge is 0.458 e. The molecule has 17 nitrogen and oxygen atoms in total. The number of nitrogens with one attached hydrogen (secondary N) is 3. The Balaban J connectivity index is 1.04. The molecule has 5 N–H and O–H groups in total. The van der Waals surface area contributed by atoms with E-state index < -0.39 is 41.7 Å². The highest BCUT2D eigenvalue weighted by Crippen LogP contribution is 2.31. The van der Waals surface area contributed by atoms with E-state index in [0.717, 1.165) is 26.8 Å². The minimum Gasteiger partial charge on any atom is -0.458 e. The molecule has 2 unspecified atom stereocenters. The maximum atomic E-state index is 13.7. The van der Waals surface area contributed by atoms with Crippen LogP contribution in [-0.4, -0.2) is 85.2 Å². The zero-order valence-electron chi connectivity index (χ0n) is 41.5. The minimum atomic E-state index is -4.68. The summed E-state index contributed by atoms with van der Waals surface area (Å²) in [5.74, 6) is -3.24. The highest BCUT2D eigenvalue weighted by molar-refractivity contribution is 6.31. The molecule has 0 aliphatic carbocycles. The summed E-state index contributed by atoms with van der Waals surface area (Å²) in [5.41, 5.74) is 8.29. The summed E-state index contributed by atoms with van der Waals surface area (Å²) >= 11 is 6.32. The van der Waals surface area contributed by atoms with Gasteiger partial charge in [0.15, 0.2) is 17.3 Å². The number of amides is 6. The van der Waals surface area contributed by atoms with E-state index >= 15 is 0 Å². The molecule has 75 heavy (non-hydrogen) atoms. The van der Waals surface area contributed by atoms with Crippen LogP contribution in [0.3, 0.4) is 0 Å². The van der Waals surface area contributed by atoms with Gasteiger partial charge in [0.1, 0.15) is 12.4 Å². The monoisotopic (exact) mass is 1050 g/mol. The SMILES string of the molecule is Cc1ccc(Cc2ncc(-c3cccc(/C=C/C(=O)OCc4ccc(NC(=O)C(CCCNC(N)=O)CC(=O)C(NC(=O)CCCCCN5C(=O)C=CC5=O)C(C)C)cc4)c3)c(-n3ccc(C(F)(F)F)n3)n2)cc1Cl. The topological polar surface area (TPSA) is 238 Å². The van der Waals surface area contributed by atoms with E-state index in [1.54, 1.807) is 68.4 Å². The van der Waals surface area contributed by atoms with Crippen molar-refractivity contribution >= 4 is 64.8 Å². The van der Waals surface area contributed by atoms with Crippen LogP contribution in [0.15, 0.2) is 103 Å². The fourth-order valence-corrected chi connectivity index (χ4v) is 8.21. The molecule has 1 aliphatic heterocycles. The zero-order chi connectivity index (χ0) is 54.2. The summed E-state index contributed by atoms with van der Waals surface area (Å²) in [4.78, 5) is 98.3. The lowest BCUT2D eigenvalue weighted by molar-refractivity contribution is -0.141. The third kappa shape index (κ3) is 16.8. The van der Waals surface area contributed by atoms with Crippen LogP contribution in [0.1, 0.15) is 92.6 Å². The number of aromatic nitrogens is 4. The number of hydrogen-bond acceptors (Lipinski definition) is 11. The number of aryl methyl sites for hydroxylation is 1. The summed E-state index contributed by atoms with van der Waals surface area (Å²) in [5, 5.41) is 12.4. The van der Waals surface area contributed by atoms with Crippen molar-refractivity contribution in [2.75, 3.05) is 18.4 Å². The molecule has 1 aliphatic rings. The van der Waals surface area contributed by atoms with Gasteiger partial charge in [-0.15, -0.1) is 0 Å². The molecule has 5 aromatic rings. The smallest absolute Gasteiger partial charge is 0.435 e. The first-order valence-corrected chi connectivity index (χ1v) is 24.6. The fourth-order valence-electron chi connectivity index (χ4n) is 8.00. The van der Waals surface area contributed by atoms with Crippen molar-refractivity contribution in [1.82, 2.24) is 35.3 Å². The van der Waals surface area contributed by atoms with Crippen LogP contribution in [0.4, 0.5) is 23.7 Å². The Morgan fingerprint density at radius 2 is 1.64 bits per heavy atom. The number of anilines is 1. The number of rotatable bonds is 25. The number of hydrogen-bond donors (Lipinski definition) is 4. The summed E-state index contributed by atoms with van der Waals surface area (Å²) in [6.07, 6.45) is 5.49. The van der Waals surface area contributed by atoms with Crippen LogP contribution in [0.25, 0.3) is 23.0 Å². The number of carbonyl (C=O) groups excluding carboxylic acids is 7. The van der Waals surface area contributed by atoms with E-state index in [-0.39, 0.29) is 80.6 Å². The number of ketones is 1. The quantitative estimate of drug-likeness (QED) is 0.0188. The van der Waals surface area contributed by atoms with Crippen LogP contribution >= 0.6 is 11.6 Å². The molecule has 0 radical (unpaired) electrons. The van der Waals surface area contributed by atoms with Gasteiger partial charge in [0, 0.05) is 85.2 Å². The van der Waals surface area contributed by atoms with E-state index in [0.29, 0.717) is 64.5 Å². The lowest BCUT2D eigenvalue weighted by Gasteiger charge is -2.24. The average Bonchev–Trinajstić information content (AvgIpc) is 4.00. The summed E-state index contributed by atoms with van der Waals surface area (Å²) in [6, 6.07) is 18.1. The average molecular weight is 1050 g/mol. The number of halogens is 4. The Kier molecular flexibility index (Phi) is 19.7. The predicted molar refractivity (Wildman–Crippen MR) is 274 cm³/mol. The van der Waals surface area contributed by atoms with Crippen LogP contribution in [0, 0.1) is 18.8 Å². The van der Waals surface area contributed by atoms with Crippen molar-refractivity contribution in [2.24, 2.45) is 17.6 Å². The van der Waals surface area contributed by atoms with Gasteiger partial charge in [0.25, 0.3) is 11.8 Å². The third-order valence-corrected chi connectivity index (χ3v) is 12.5. The molecule has 21 heteroatoms. The van der Waals surface area contributed by atoms with E-state index in [1.807, 2.05) is 19.1 Å². The van der Waals surface area contributed by atoms with Crippen molar-refractivity contribution in [3.63, 3.8) is 0 Å². The van der Waals surface area contributed by atoms with E-state index in [2.05, 4.69) is 31.0 Å². The van der Waals surface area contributed by atoms with E-state index in [4.69, 9.17) is 22.1 Å². The number of Topliss-reactive ketones (excluding diaryl/α,β-unsaturated/α-hetero) is 1. The molecular weight excluding hydrogens is 995 g/mol. The van der Waals surface area contributed by atoms with Gasteiger partial charge in [-0.25, -0.2) is 24.2 Å². The Bertz CT molecular complexity index is 2940. The number of urea groups is 1. The predicted octanol–water partition coefficient (Wildman–Crippen LogP) is 8.25. The van der Waals surface area contributed by atoms with Crippen molar-refractivity contribution in [2.45, 2.75) is 91.0 Å². The second kappa shape index (κ2) is 26.3. The van der Waals surface area contributed by atoms with Gasteiger partial charge in [-0.1, -0.05) is 74.3 Å². The summed E-state index contributed by atoms with van der Waals surface area (Å²) in [7, 11) is 0. The van der Waals surface area contributed by atoms with Crippen molar-refractivity contribution < 1.29 is 51.5 Å². The van der Waals surface area contributed by atoms with Gasteiger partial charge in [-0.2, -0.15) is 18.3 Å². The zero-order valence-corrected chi connectivity index (χ0v) is 42.2. The van der Waals surface area contributed by atoms with Gasteiger partial charge < -0.3 is 26.4 Å². The normalized spacial score (nSPS) is 13.3. The Labute approximate surface area is 436 Å². The molecular formula is C54H57ClF3N9O8. The van der Waals surface area contributed by atoms with Crippen LogP contribution in [0.5, 0.6) is 0 Å². The maximum absolute atomic E-state index is 13.7. The van der Waals surface area contributed by atoms with Crippen molar-refractivity contribution in [3.05, 3.63) is 142 Å². The molecule has 0 spiro atoms. The van der Waals surface area contributed by atoms with Crippen LogP contribution in [-0.2, 0) is 52.7 Å². The van der Waals surface area contributed by atoms with Gasteiger partial charge >= 0.3 is 18.2 Å². The highest BCUT2D eigenvalue weighted by atomic mass is 35.5.